The zero-order chi connectivity index (χ0) is 26.4. The predicted octanol–water partition coefficient (Wildman–Crippen LogP) is 4.89. The smallest absolute Gasteiger partial charge is 0.193 e. The van der Waals surface area contributed by atoms with Crippen LogP contribution in [-0.2, 0) is 0 Å². The molecule has 1 fully saturated rings. The second-order valence-electron chi connectivity index (χ2n) is 9.04. The van der Waals surface area contributed by atoms with E-state index in [-0.39, 0.29) is 11.6 Å². The molecule has 1 aromatic carbocycles. The van der Waals surface area contributed by atoms with E-state index in [0.29, 0.717) is 43.0 Å². The summed E-state index contributed by atoms with van der Waals surface area (Å²) >= 11 is 1.49. The molecule has 1 saturated heterocycles. The minimum Gasteiger partial charge on any atom is -0.404 e. The van der Waals surface area contributed by atoms with Gasteiger partial charge in [0.2, 0.25) is 0 Å². The Morgan fingerprint density at radius 1 is 1.27 bits per heavy atom. The number of rotatable bonds is 7. The zero-order valence-corrected chi connectivity index (χ0v) is 21.8. The maximum Gasteiger partial charge on any atom is 0.193 e. The van der Waals surface area contributed by atoms with Gasteiger partial charge in [-0.2, -0.15) is 0 Å². The van der Waals surface area contributed by atoms with E-state index < -0.39 is 5.41 Å². The Morgan fingerprint density at radius 3 is 2.73 bits per heavy atom. The van der Waals surface area contributed by atoms with Crippen LogP contribution in [0.1, 0.15) is 35.8 Å². The SMILES string of the molecule is CCN=CC(=CN)SN1CCC2=CC(=Nc3ccc(F)cc3)C(=CN)CC2(C(=O)c2cc(C)ccn2)C1. The number of allylic oxidation sites excluding steroid dienone is 3. The van der Waals surface area contributed by atoms with Gasteiger partial charge < -0.3 is 11.5 Å². The van der Waals surface area contributed by atoms with Gasteiger partial charge in [-0.05, 0) is 98.4 Å². The highest BCUT2D eigenvalue weighted by molar-refractivity contribution is 8.01. The third-order valence-corrected chi connectivity index (χ3v) is 7.51. The van der Waals surface area contributed by atoms with Gasteiger partial charge >= 0.3 is 0 Å². The van der Waals surface area contributed by atoms with Gasteiger partial charge in [-0.3, -0.25) is 14.8 Å². The Balaban J connectivity index is 1.77. The first-order valence-electron chi connectivity index (χ1n) is 12.2. The standard InChI is InChI=1S/C28H31FN6OS/c1-3-32-17-24(16-31)37-35-11-9-21-13-25(34-23-6-4-22(29)5-7-23)20(15-30)14-28(21,18-35)27(36)26-12-19(2)8-10-33-26/h4-8,10,12-13,15-17H,3,9,11,14,18,30-31H2,1-2H3. The molecule has 0 amide bonds. The molecule has 2 aliphatic rings. The largest absolute Gasteiger partial charge is 0.404 e. The number of benzene rings is 1. The lowest BCUT2D eigenvalue weighted by Crippen LogP contribution is -2.49. The minimum absolute atomic E-state index is 0.0477. The van der Waals surface area contributed by atoms with Crippen LogP contribution in [0.25, 0.3) is 0 Å². The molecule has 1 aromatic heterocycles. The van der Waals surface area contributed by atoms with Crippen molar-refractivity contribution in [3.05, 3.63) is 94.2 Å². The van der Waals surface area contributed by atoms with Crippen LogP contribution in [0, 0.1) is 18.2 Å². The van der Waals surface area contributed by atoms with Crippen LogP contribution < -0.4 is 11.5 Å². The fourth-order valence-corrected chi connectivity index (χ4v) is 5.58. The lowest BCUT2D eigenvalue weighted by molar-refractivity contribution is 0.0776. The van der Waals surface area contributed by atoms with E-state index in [1.165, 1.54) is 36.5 Å². The van der Waals surface area contributed by atoms with Crippen molar-refractivity contribution in [1.82, 2.24) is 9.29 Å². The topological polar surface area (TPSA) is 110 Å². The van der Waals surface area contributed by atoms with Crippen molar-refractivity contribution in [3.63, 3.8) is 0 Å². The minimum atomic E-state index is -0.860. The van der Waals surface area contributed by atoms with Crippen LogP contribution in [0.5, 0.6) is 0 Å². The molecular weight excluding hydrogens is 487 g/mol. The summed E-state index contributed by atoms with van der Waals surface area (Å²) < 4.78 is 15.6. The molecule has 2 heterocycles. The van der Waals surface area contributed by atoms with Crippen LogP contribution in [0.15, 0.2) is 87.1 Å². The number of piperidine rings is 1. The van der Waals surface area contributed by atoms with Crippen molar-refractivity contribution in [2.24, 2.45) is 26.9 Å². The van der Waals surface area contributed by atoms with Crippen molar-refractivity contribution in [1.29, 1.82) is 0 Å². The normalized spacial score (nSPS) is 22.9. The summed E-state index contributed by atoms with van der Waals surface area (Å²) in [7, 11) is 0. The van der Waals surface area contributed by atoms with Gasteiger partial charge in [0, 0.05) is 38.2 Å². The second kappa shape index (κ2) is 11.7. The van der Waals surface area contributed by atoms with Crippen LogP contribution in [-0.4, -0.2) is 46.6 Å². The maximum atomic E-state index is 14.2. The van der Waals surface area contributed by atoms with Crippen molar-refractivity contribution >= 4 is 35.3 Å². The molecule has 1 aliphatic carbocycles. The Labute approximate surface area is 221 Å². The van der Waals surface area contributed by atoms with E-state index in [2.05, 4.69) is 14.3 Å². The molecule has 0 bridgehead atoms. The first-order valence-corrected chi connectivity index (χ1v) is 12.9. The molecule has 0 radical (unpaired) electrons. The van der Waals surface area contributed by atoms with E-state index in [4.69, 9.17) is 16.5 Å². The number of hydrogen-bond donors (Lipinski definition) is 2. The number of aromatic nitrogens is 1. The summed E-state index contributed by atoms with van der Waals surface area (Å²) in [5.74, 6) is -0.371. The average molecular weight is 519 g/mol. The summed E-state index contributed by atoms with van der Waals surface area (Å²) in [6.45, 7) is 5.74. The number of nitrogens with two attached hydrogens (primary N) is 2. The summed E-state index contributed by atoms with van der Waals surface area (Å²) in [6.07, 6.45) is 9.48. The predicted molar refractivity (Wildman–Crippen MR) is 149 cm³/mol. The molecule has 2 aromatic rings. The Hall–Kier alpha value is -3.56. The average Bonchev–Trinajstić information content (AvgIpc) is 2.91. The van der Waals surface area contributed by atoms with Crippen molar-refractivity contribution < 1.29 is 9.18 Å². The first-order chi connectivity index (χ1) is 17.9. The van der Waals surface area contributed by atoms with E-state index in [1.54, 1.807) is 24.5 Å². The molecule has 4 N–H and O–H groups in total. The lowest BCUT2D eigenvalue weighted by atomic mass is 9.64. The number of ketones is 1. The number of carbonyl (C=O) groups is 1. The summed E-state index contributed by atoms with van der Waals surface area (Å²) in [4.78, 5) is 28.5. The van der Waals surface area contributed by atoms with Crippen LogP contribution in [0.4, 0.5) is 10.1 Å². The van der Waals surface area contributed by atoms with Gasteiger partial charge in [0.1, 0.15) is 11.5 Å². The number of fused-ring (bicyclic) bond motifs is 1. The molecule has 37 heavy (non-hydrogen) atoms. The highest BCUT2D eigenvalue weighted by Crippen LogP contribution is 2.48. The van der Waals surface area contributed by atoms with Gasteiger partial charge in [-0.25, -0.2) is 13.7 Å². The molecule has 1 unspecified atom stereocenters. The van der Waals surface area contributed by atoms with Gasteiger partial charge in [-0.15, -0.1) is 0 Å². The molecule has 4 rings (SSSR count). The van der Waals surface area contributed by atoms with Crippen molar-refractivity contribution in [2.45, 2.75) is 26.7 Å². The van der Waals surface area contributed by atoms with E-state index >= 15 is 0 Å². The number of aliphatic imine (C=N–C) groups is 2. The van der Waals surface area contributed by atoms with Gasteiger partial charge in [0.25, 0.3) is 0 Å². The first kappa shape index (κ1) is 26.5. The maximum absolute atomic E-state index is 14.2. The highest BCUT2D eigenvalue weighted by Gasteiger charge is 2.49. The molecule has 1 aliphatic heterocycles. The Kier molecular flexibility index (Phi) is 8.35. The second-order valence-corrected chi connectivity index (χ2v) is 10.2. The summed E-state index contributed by atoms with van der Waals surface area (Å²) in [6, 6.07) is 9.69. The van der Waals surface area contributed by atoms with Crippen LogP contribution in [0.3, 0.4) is 0 Å². The fourth-order valence-electron chi connectivity index (χ4n) is 4.63. The fraction of sp³-hybridized carbons (Fsp3) is 0.286. The Morgan fingerprint density at radius 2 is 2.05 bits per heavy atom. The number of carbonyl (C=O) groups excluding carboxylic acids is 1. The van der Waals surface area contributed by atoms with Gasteiger partial charge in [-0.1, -0.05) is 5.57 Å². The molecule has 7 nitrogen and oxygen atoms in total. The van der Waals surface area contributed by atoms with Gasteiger partial charge in [0.05, 0.1) is 21.7 Å². The number of pyridine rings is 1. The van der Waals surface area contributed by atoms with Crippen molar-refractivity contribution in [2.75, 3.05) is 19.6 Å². The number of nitrogens with zero attached hydrogens (tertiary/aromatic N) is 4. The number of hydrogen-bond acceptors (Lipinski definition) is 8. The van der Waals surface area contributed by atoms with Crippen LogP contribution in [0.2, 0.25) is 0 Å². The van der Waals surface area contributed by atoms with E-state index in [9.17, 15) is 9.18 Å². The highest BCUT2D eigenvalue weighted by atomic mass is 32.2. The molecular formula is C28H31FN6OS. The number of aryl methyl sites for hydroxylation is 1. The van der Waals surface area contributed by atoms with Crippen LogP contribution >= 0.6 is 11.9 Å². The molecule has 0 spiro atoms. The molecule has 1 atom stereocenters. The van der Waals surface area contributed by atoms with E-state index in [1.807, 2.05) is 32.1 Å². The van der Waals surface area contributed by atoms with E-state index in [0.717, 1.165) is 28.2 Å². The number of Topliss-reactive ketones (excluding diaryl/α,β-unsaturated/α-hetero) is 1. The third-order valence-electron chi connectivity index (χ3n) is 6.48. The molecule has 0 saturated carbocycles. The summed E-state index contributed by atoms with van der Waals surface area (Å²) in [5.41, 5.74) is 15.5. The molecule has 9 heteroatoms. The zero-order valence-electron chi connectivity index (χ0n) is 21.0. The quantitative estimate of drug-likeness (QED) is 0.307. The van der Waals surface area contributed by atoms with Gasteiger partial charge in [0.15, 0.2) is 5.78 Å². The lowest BCUT2D eigenvalue weighted by Gasteiger charge is -2.45. The molecule has 192 valence electrons. The monoisotopic (exact) mass is 518 g/mol. The van der Waals surface area contributed by atoms with Crippen molar-refractivity contribution in [3.8, 4) is 0 Å². The Bertz CT molecular complexity index is 1310. The summed E-state index contributed by atoms with van der Waals surface area (Å²) in [5, 5.41) is 0. The third kappa shape index (κ3) is 5.89. The number of halogens is 1.